The summed E-state index contributed by atoms with van der Waals surface area (Å²) in [5.41, 5.74) is 7.06. The van der Waals surface area contributed by atoms with Crippen molar-refractivity contribution in [3.05, 3.63) is 23.5 Å². The van der Waals surface area contributed by atoms with E-state index in [0.717, 1.165) is 0 Å². The summed E-state index contributed by atoms with van der Waals surface area (Å²) in [5.74, 6) is -0.390. The molecule has 17 heavy (non-hydrogen) atoms. The number of nitrogens with two attached hydrogens (primary N) is 1. The van der Waals surface area contributed by atoms with Crippen LogP contribution >= 0.6 is 0 Å². The maximum absolute atomic E-state index is 11.7. The Morgan fingerprint density at radius 3 is 2.94 bits per heavy atom. The number of hydrogen-bond donors (Lipinski definition) is 1. The Balaban J connectivity index is 2.44. The van der Waals surface area contributed by atoms with Crippen LogP contribution in [0.3, 0.4) is 0 Å². The van der Waals surface area contributed by atoms with Crippen LogP contribution in [0.15, 0.2) is 12.3 Å². The highest BCUT2D eigenvalue weighted by atomic mass is 16.5. The maximum Gasteiger partial charge on any atom is 0.340 e. The van der Waals surface area contributed by atoms with Crippen molar-refractivity contribution in [3.63, 3.8) is 0 Å². The van der Waals surface area contributed by atoms with E-state index >= 15 is 0 Å². The van der Waals surface area contributed by atoms with Crippen LogP contribution < -0.4 is 5.73 Å². The zero-order valence-corrected chi connectivity index (χ0v) is 10.2. The number of aromatic nitrogens is 1. The Kier molecular flexibility index (Phi) is 5.42. The minimum absolute atomic E-state index is 0.340. The van der Waals surface area contributed by atoms with E-state index in [1.165, 1.54) is 6.20 Å². The Bertz CT molecular complexity index is 380. The van der Waals surface area contributed by atoms with Crippen LogP contribution in [0.5, 0.6) is 0 Å². The normalized spacial score (nSPS) is 10.2. The van der Waals surface area contributed by atoms with E-state index in [9.17, 15) is 4.79 Å². The molecule has 1 rings (SSSR count). The van der Waals surface area contributed by atoms with Gasteiger partial charge < -0.3 is 15.2 Å². The third kappa shape index (κ3) is 4.40. The van der Waals surface area contributed by atoms with Crippen molar-refractivity contribution in [3.8, 4) is 0 Å². The van der Waals surface area contributed by atoms with Crippen LogP contribution in [-0.4, -0.2) is 30.8 Å². The summed E-state index contributed by atoms with van der Waals surface area (Å²) in [7, 11) is 0. The summed E-state index contributed by atoms with van der Waals surface area (Å²) in [6.45, 7) is 5.28. The predicted molar refractivity (Wildman–Crippen MR) is 64.8 cm³/mol. The molecule has 0 fully saturated rings. The lowest BCUT2D eigenvalue weighted by Gasteiger charge is -2.07. The highest BCUT2D eigenvalue weighted by Crippen LogP contribution is 2.10. The van der Waals surface area contributed by atoms with Crippen molar-refractivity contribution in [2.24, 2.45) is 0 Å². The molecule has 0 saturated heterocycles. The van der Waals surface area contributed by atoms with Gasteiger partial charge in [0.2, 0.25) is 0 Å². The standard InChI is InChI=1S/C12H18N2O3/c1-3-16-5-4-6-17-12(15)11-7-10(13)8-14-9(11)2/h7-8H,3-6,13H2,1-2H3. The van der Waals surface area contributed by atoms with Gasteiger partial charge in [0.1, 0.15) is 0 Å². The van der Waals surface area contributed by atoms with Gasteiger partial charge in [-0.05, 0) is 19.9 Å². The number of nitrogens with zero attached hydrogens (tertiary/aromatic N) is 1. The van der Waals surface area contributed by atoms with E-state index in [1.54, 1.807) is 13.0 Å². The van der Waals surface area contributed by atoms with Crippen LogP contribution in [0.2, 0.25) is 0 Å². The highest BCUT2D eigenvalue weighted by molar-refractivity contribution is 5.91. The molecule has 0 aromatic carbocycles. The number of esters is 1. The summed E-state index contributed by atoms with van der Waals surface area (Å²) in [6, 6.07) is 1.58. The molecule has 2 N–H and O–H groups in total. The van der Waals surface area contributed by atoms with E-state index in [-0.39, 0.29) is 0 Å². The van der Waals surface area contributed by atoms with Crippen molar-refractivity contribution >= 4 is 11.7 Å². The second-order valence-corrected chi connectivity index (χ2v) is 3.59. The number of ether oxygens (including phenoxy) is 2. The fraction of sp³-hybridized carbons (Fsp3) is 0.500. The van der Waals surface area contributed by atoms with Gasteiger partial charge in [-0.3, -0.25) is 4.98 Å². The highest BCUT2D eigenvalue weighted by Gasteiger charge is 2.11. The summed E-state index contributed by atoms with van der Waals surface area (Å²) in [4.78, 5) is 15.7. The van der Waals surface area contributed by atoms with Gasteiger partial charge in [0.25, 0.3) is 0 Å². The van der Waals surface area contributed by atoms with Gasteiger partial charge in [-0.25, -0.2) is 4.79 Å². The molecule has 0 unspecified atom stereocenters. The third-order valence-electron chi connectivity index (χ3n) is 2.20. The Labute approximate surface area is 101 Å². The number of hydrogen-bond acceptors (Lipinski definition) is 5. The number of pyridine rings is 1. The topological polar surface area (TPSA) is 74.4 Å². The molecule has 0 saturated carbocycles. The molecule has 5 heteroatoms. The van der Waals surface area contributed by atoms with Gasteiger partial charge in [0, 0.05) is 19.6 Å². The zero-order chi connectivity index (χ0) is 12.7. The molecule has 5 nitrogen and oxygen atoms in total. The van der Waals surface area contributed by atoms with Gasteiger partial charge in [-0.2, -0.15) is 0 Å². The molecule has 0 spiro atoms. The molecular weight excluding hydrogens is 220 g/mol. The number of rotatable bonds is 6. The molecule has 1 aromatic heterocycles. The average Bonchev–Trinajstić information content (AvgIpc) is 2.32. The molecule has 1 aromatic rings. The fourth-order valence-corrected chi connectivity index (χ4v) is 1.30. The number of aryl methyl sites for hydroxylation is 1. The Hall–Kier alpha value is -1.62. The lowest BCUT2D eigenvalue weighted by atomic mass is 10.2. The minimum atomic E-state index is -0.390. The van der Waals surface area contributed by atoms with Crippen LogP contribution in [0.1, 0.15) is 29.4 Å². The monoisotopic (exact) mass is 238 g/mol. The number of nitrogen functional groups attached to an aromatic ring is 1. The zero-order valence-electron chi connectivity index (χ0n) is 10.2. The van der Waals surface area contributed by atoms with Crippen LogP contribution in [-0.2, 0) is 9.47 Å². The summed E-state index contributed by atoms with van der Waals surface area (Å²) in [5, 5.41) is 0. The first-order valence-corrected chi connectivity index (χ1v) is 5.62. The molecule has 0 atom stereocenters. The number of carbonyl (C=O) groups excluding carboxylic acids is 1. The van der Waals surface area contributed by atoms with Crippen molar-refractivity contribution in [1.82, 2.24) is 4.98 Å². The Morgan fingerprint density at radius 1 is 1.47 bits per heavy atom. The van der Waals surface area contributed by atoms with Gasteiger partial charge in [-0.1, -0.05) is 0 Å². The predicted octanol–water partition coefficient (Wildman–Crippen LogP) is 1.56. The van der Waals surface area contributed by atoms with Crippen molar-refractivity contribution < 1.29 is 14.3 Å². The lowest BCUT2D eigenvalue weighted by molar-refractivity contribution is 0.0451. The van der Waals surface area contributed by atoms with Gasteiger partial charge in [0.05, 0.1) is 29.7 Å². The van der Waals surface area contributed by atoms with Crippen LogP contribution in [0.25, 0.3) is 0 Å². The van der Waals surface area contributed by atoms with E-state index < -0.39 is 5.97 Å². The van der Waals surface area contributed by atoms with E-state index in [0.29, 0.717) is 43.2 Å². The third-order valence-corrected chi connectivity index (χ3v) is 2.20. The largest absolute Gasteiger partial charge is 0.462 e. The lowest BCUT2D eigenvalue weighted by Crippen LogP contribution is -2.11. The van der Waals surface area contributed by atoms with Gasteiger partial charge >= 0.3 is 5.97 Å². The maximum atomic E-state index is 11.7. The second-order valence-electron chi connectivity index (χ2n) is 3.59. The molecule has 0 bridgehead atoms. The minimum Gasteiger partial charge on any atom is -0.462 e. The van der Waals surface area contributed by atoms with Crippen LogP contribution in [0, 0.1) is 6.92 Å². The molecule has 0 aliphatic carbocycles. The fourth-order valence-electron chi connectivity index (χ4n) is 1.30. The van der Waals surface area contributed by atoms with E-state index in [4.69, 9.17) is 15.2 Å². The van der Waals surface area contributed by atoms with Crippen molar-refractivity contribution in [1.29, 1.82) is 0 Å². The first-order valence-electron chi connectivity index (χ1n) is 5.62. The smallest absolute Gasteiger partial charge is 0.340 e. The summed E-state index contributed by atoms with van der Waals surface area (Å²) in [6.07, 6.45) is 2.20. The molecule has 1 heterocycles. The summed E-state index contributed by atoms with van der Waals surface area (Å²) < 4.78 is 10.2. The molecular formula is C12H18N2O3. The average molecular weight is 238 g/mol. The number of anilines is 1. The second kappa shape index (κ2) is 6.85. The molecule has 94 valence electrons. The van der Waals surface area contributed by atoms with Crippen molar-refractivity contribution in [2.45, 2.75) is 20.3 Å². The van der Waals surface area contributed by atoms with Gasteiger partial charge in [0.15, 0.2) is 0 Å². The molecule has 0 amide bonds. The number of carbonyl (C=O) groups is 1. The quantitative estimate of drug-likeness (QED) is 0.601. The van der Waals surface area contributed by atoms with Crippen molar-refractivity contribution in [2.75, 3.05) is 25.6 Å². The first-order chi connectivity index (χ1) is 8.15. The molecule has 0 aliphatic heterocycles. The Morgan fingerprint density at radius 2 is 2.24 bits per heavy atom. The van der Waals surface area contributed by atoms with Crippen LogP contribution in [0.4, 0.5) is 5.69 Å². The first kappa shape index (κ1) is 13.4. The molecule has 0 radical (unpaired) electrons. The summed E-state index contributed by atoms with van der Waals surface area (Å²) >= 11 is 0. The molecule has 0 aliphatic rings. The van der Waals surface area contributed by atoms with E-state index in [1.807, 2.05) is 6.92 Å². The van der Waals surface area contributed by atoms with Gasteiger partial charge in [-0.15, -0.1) is 0 Å². The SMILES string of the molecule is CCOCCCOC(=O)c1cc(N)cnc1C. The van der Waals surface area contributed by atoms with E-state index in [2.05, 4.69) is 4.98 Å².